The zero-order valence-electron chi connectivity index (χ0n) is 20.3. The van der Waals surface area contributed by atoms with E-state index >= 15 is 0 Å². The van der Waals surface area contributed by atoms with Gasteiger partial charge in [-0.25, -0.2) is 0 Å². The highest BCUT2D eigenvalue weighted by molar-refractivity contribution is 5.79. The Labute approximate surface area is 200 Å². The van der Waals surface area contributed by atoms with Crippen molar-refractivity contribution < 1.29 is 9.59 Å². The average Bonchev–Trinajstić information content (AvgIpc) is 3.37. The molecule has 0 radical (unpaired) electrons. The molecular weight excluding hydrogens is 408 g/mol. The second kappa shape index (κ2) is 13.8. The van der Waals surface area contributed by atoms with Crippen molar-refractivity contribution >= 4 is 11.8 Å². The maximum absolute atomic E-state index is 13.3. The molecule has 1 saturated carbocycles. The molecule has 1 fully saturated rings. The van der Waals surface area contributed by atoms with E-state index in [0.29, 0.717) is 32.5 Å². The van der Waals surface area contributed by atoms with E-state index in [1.165, 1.54) is 31.2 Å². The van der Waals surface area contributed by atoms with Gasteiger partial charge in [-0.1, -0.05) is 93.3 Å². The van der Waals surface area contributed by atoms with Crippen LogP contribution in [0.25, 0.3) is 0 Å². The van der Waals surface area contributed by atoms with Crippen molar-refractivity contribution in [1.29, 1.82) is 0 Å². The Hall–Kier alpha value is -2.62. The van der Waals surface area contributed by atoms with Gasteiger partial charge in [0.05, 0.1) is 0 Å². The minimum atomic E-state index is 0.125. The first-order chi connectivity index (χ1) is 16.2. The molecule has 2 aromatic rings. The van der Waals surface area contributed by atoms with Gasteiger partial charge in [-0.2, -0.15) is 0 Å². The number of amides is 2. The van der Waals surface area contributed by atoms with Crippen LogP contribution in [0.2, 0.25) is 0 Å². The molecule has 33 heavy (non-hydrogen) atoms. The topological polar surface area (TPSA) is 40.6 Å². The molecule has 0 aromatic heterocycles. The minimum Gasteiger partial charge on any atom is -0.342 e. The third kappa shape index (κ3) is 8.68. The molecule has 0 unspecified atom stereocenters. The van der Waals surface area contributed by atoms with Crippen molar-refractivity contribution in [1.82, 2.24) is 9.80 Å². The molecule has 4 heteroatoms. The first kappa shape index (κ1) is 25.0. The molecule has 0 heterocycles. The summed E-state index contributed by atoms with van der Waals surface area (Å²) >= 11 is 0. The summed E-state index contributed by atoms with van der Waals surface area (Å²) in [5.74, 6) is 1.06. The number of carbonyl (C=O) groups is 2. The monoisotopic (exact) mass is 448 g/mol. The molecule has 1 aliphatic rings. The summed E-state index contributed by atoms with van der Waals surface area (Å²) in [7, 11) is 0. The number of benzene rings is 2. The SMILES string of the molecule is CCCN(CCC(=O)N(CCc1ccccc1)Cc1ccccc1)C(=O)CCC1CCCC1. The summed E-state index contributed by atoms with van der Waals surface area (Å²) in [5.41, 5.74) is 2.37. The van der Waals surface area contributed by atoms with Crippen LogP contribution in [0.1, 0.15) is 69.4 Å². The second-order valence-corrected chi connectivity index (χ2v) is 9.36. The summed E-state index contributed by atoms with van der Waals surface area (Å²) in [6.45, 7) is 4.64. The van der Waals surface area contributed by atoms with Crippen molar-refractivity contribution in [3.05, 3.63) is 71.8 Å². The molecule has 0 N–H and O–H groups in total. The lowest BCUT2D eigenvalue weighted by atomic mass is 10.0. The Morgan fingerprint density at radius 3 is 2.00 bits per heavy atom. The van der Waals surface area contributed by atoms with Gasteiger partial charge >= 0.3 is 0 Å². The summed E-state index contributed by atoms with van der Waals surface area (Å²) < 4.78 is 0. The largest absolute Gasteiger partial charge is 0.342 e. The zero-order chi connectivity index (χ0) is 23.3. The fourth-order valence-corrected chi connectivity index (χ4v) is 4.81. The highest BCUT2D eigenvalue weighted by Crippen LogP contribution is 2.28. The fraction of sp³-hybridized carbons (Fsp3) is 0.517. The van der Waals surface area contributed by atoms with Gasteiger partial charge in [-0.05, 0) is 36.3 Å². The van der Waals surface area contributed by atoms with E-state index in [4.69, 9.17) is 0 Å². The molecule has 0 atom stereocenters. The standard InChI is InChI=1S/C29H40N2O2/c1-2-21-30(28(32)18-17-25-13-9-10-14-25)23-20-29(33)31(24-27-15-7-4-8-16-27)22-19-26-11-5-3-6-12-26/h3-8,11-12,15-16,25H,2,9-10,13-14,17-24H2,1H3. The summed E-state index contributed by atoms with van der Waals surface area (Å²) in [6, 6.07) is 20.5. The lowest BCUT2D eigenvalue weighted by molar-refractivity contribution is -0.135. The van der Waals surface area contributed by atoms with E-state index in [0.717, 1.165) is 37.3 Å². The van der Waals surface area contributed by atoms with Crippen LogP contribution in [0.5, 0.6) is 0 Å². The Balaban J connectivity index is 1.56. The minimum absolute atomic E-state index is 0.125. The summed E-state index contributed by atoms with van der Waals surface area (Å²) in [6.07, 6.45) is 8.94. The van der Waals surface area contributed by atoms with Crippen LogP contribution in [-0.2, 0) is 22.6 Å². The van der Waals surface area contributed by atoms with E-state index in [9.17, 15) is 9.59 Å². The molecule has 2 aromatic carbocycles. The van der Waals surface area contributed by atoms with Gasteiger partial charge in [0.2, 0.25) is 11.8 Å². The zero-order valence-corrected chi connectivity index (χ0v) is 20.3. The van der Waals surface area contributed by atoms with Gasteiger partial charge in [0.1, 0.15) is 0 Å². The lowest BCUT2D eigenvalue weighted by Gasteiger charge is -2.26. The molecule has 0 bridgehead atoms. The van der Waals surface area contributed by atoms with Crippen LogP contribution in [-0.4, -0.2) is 41.2 Å². The van der Waals surface area contributed by atoms with E-state index in [1.54, 1.807) is 0 Å². The lowest BCUT2D eigenvalue weighted by Crippen LogP contribution is -2.38. The van der Waals surface area contributed by atoms with E-state index in [-0.39, 0.29) is 11.8 Å². The summed E-state index contributed by atoms with van der Waals surface area (Å²) in [5, 5.41) is 0. The van der Waals surface area contributed by atoms with Crippen molar-refractivity contribution in [2.24, 2.45) is 5.92 Å². The van der Waals surface area contributed by atoms with Crippen LogP contribution < -0.4 is 0 Å². The molecule has 1 aliphatic carbocycles. The quantitative estimate of drug-likeness (QED) is 0.385. The Kier molecular flexibility index (Phi) is 10.5. The molecule has 0 saturated heterocycles. The van der Waals surface area contributed by atoms with Gasteiger partial charge in [-0.15, -0.1) is 0 Å². The number of nitrogens with zero attached hydrogens (tertiary/aromatic N) is 2. The van der Waals surface area contributed by atoms with Crippen molar-refractivity contribution in [3.63, 3.8) is 0 Å². The molecule has 178 valence electrons. The third-order valence-corrected chi connectivity index (χ3v) is 6.77. The van der Waals surface area contributed by atoms with Crippen molar-refractivity contribution in [2.75, 3.05) is 19.6 Å². The smallest absolute Gasteiger partial charge is 0.224 e. The van der Waals surface area contributed by atoms with Crippen molar-refractivity contribution in [2.45, 2.75) is 71.3 Å². The number of hydrogen-bond acceptors (Lipinski definition) is 2. The molecule has 2 amide bonds. The first-order valence-corrected chi connectivity index (χ1v) is 12.8. The Morgan fingerprint density at radius 2 is 1.36 bits per heavy atom. The van der Waals surface area contributed by atoms with Crippen molar-refractivity contribution in [3.8, 4) is 0 Å². The highest BCUT2D eigenvalue weighted by Gasteiger charge is 2.21. The van der Waals surface area contributed by atoms with E-state index in [1.807, 2.05) is 46.2 Å². The number of carbonyl (C=O) groups excluding carboxylic acids is 2. The normalized spacial score (nSPS) is 13.7. The molecule has 4 nitrogen and oxygen atoms in total. The average molecular weight is 449 g/mol. The second-order valence-electron chi connectivity index (χ2n) is 9.36. The van der Waals surface area contributed by atoms with Crippen LogP contribution >= 0.6 is 0 Å². The molecule has 0 spiro atoms. The van der Waals surface area contributed by atoms with Gasteiger partial charge in [0.15, 0.2) is 0 Å². The predicted octanol–water partition coefficient (Wildman–Crippen LogP) is 5.86. The van der Waals surface area contributed by atoms with Gasteiger partial charge < -0.3 is 9.80 Å². The maximum atomic E-state index is 13.3. The van der Waals surface area contributed by atoms with Crippen LogP contribution in [0, 0.1) is 5.92 Å². The molecular formula is C29H40N2O2. The van der Waals surface area contributed by atoms with Crippen LogP contribution in [0.4, 0.5) is 0 Å². The predicted molar refractivity (Wildman–Crippen MR) is 135 cm³/mol. The van der Waals surface area contributed by atoms with Gasteiger partial charge in [0, 0.05) is 39.0 Å². The van der Waals surface area contributed by atoms with Gasteiger partial charge in [0.25, 0.3) is 0 Å². The molecule has 3 rings (SSSR count). The number of rotatable bonds is 13. The Morgan fingerprint density at radius 1 is 0.758 bits per heavy atom. The number of hydrogen-bond donors (Lipinski definition) is 0. The van der Waals surface area contributed by atoms with E-state index < -0.39 is 0 Å². The highest BCUT2D eigenvalue weighted by atomic mass is 16.2. The van der Waals surface area contributed by atoms with Crippen LogP contribution in [0.15, 0.2) is 60.7 Å². The maximum Gasteiger partial charge on any atom is 0.224 e. The first-order valence-electron chi connectivity index (χ1n) is 12.8. The summed E-state index contributed by atoms with van der Waals surface area (Å²) in [4.78, 5) is 30.0. The van der Waals surface area contributed by atoms with E-state index in [2.05, 4.69) is 31.2 Å². The Bertz CT molecular complexity index is 831. The van der Waals surface area contributed by atoms with Gasteiger partial charge in [-0.3, -0.25) is 9.59 Å². The fourth-order valence-electron chi connectivity index (χ4n) is 4.81. The van der Waals surface area contributed by atoms with Crippen LogP contribution in [0.3, 0.4) is 0 Å². The third-order valence-electron chi connectivity index (χ3n) is 6.77. The molecule has 0 aliphatic heterocycles.